The molecule has 4 heterocycles. The van der Waals surface area contributed by atoms with Gasteiger partial charge in [-0.15, -0.1) is 0 Å². The van der Waals surface area contributed by atoms with Crippen LogP contribution in [0, 0.1) is 0 Å². The third-order valence-electron chi connectivity index (χ3n) is 8.16. The molecule has 0 bridgehead atoms. The molecular formula is C28H32N2O14S2. The Labute approximate surface area is 267 Å². The molecule has 46 heavy (non-hydrogen) atoms. The molecule has 6 rings (SSSR count). The van der Waals surface area contributed by atoms with Crippen LogP contribution in [0.4, 0.5) is 0 Å². The first-order valence-corrected chi connectivity index (χ1v) is 15.7. The van der Waals surface area contributed by atoms with Crippen LogP contribution in [0.5, 0.6) is 23.0 Å². The lowest BCUT2D eigenvalue weighted by molar-refractivity contribution is -0.205. The number of aromatic nitrogens is 2. The second-order valence-electron chi connectivity index (χ2n) is 11.0. The van der Waals surface area contributed by atoms with Crippen LogP contribution in [-0.2, 0) is 9.47 Å². The fourth-order valence-corrected chi connectivity index (χ4v) is 8.15. The summed E-state index contributed by atoms with van der Waals surface area (Å²) < 4.78 is 11.3. The number of hydrogen-bond donors (Lipinski definition) is 14. The van der Waals surface area contributed by atoms with Crippen molar-refractivity contribution in [2.45, 2.75) is 69.5 Å². The van der Waals surface area contributed by atoms with Gasteiger partial charge in [0.05, 0.1) is 35.5 Å². The minimum atomic E-state index is -1.71. The highest BCUT2D eigenvalue weighted by Crippen LogP contribution is 2.52. The van der Waals surface area contributed by atoms with E-state index in [2.05, 4.69) is 9.97 Å². The van der Waals surface area contributed by atoms with Gasteiger partial charge in [-0.2, -0.15) is 0 Å². The average Bonchev–Trinajstić information content (AvgIpc) is 3.58. The number of ether oxygens (including phenoxy) is 2. The van der Waals surface area contributed by atoms with Gasteiger partial charge in [0.15, 0.2) is 23.0 Å². The number of rotatable bonds is 7. The van der Waals surface area contributed by atoms with E-state index < -0.39 is 95.9 Å². The molecule has 0 saturated carbocycles. The van der Waals surface area contributed by atoms with E-state index in [-0.39, 0.29) is 38.0 Å². The van der Waals surface area contributed by atoms with Gasteiger partial charge < -0.3 is 80.7 Å². The number of benzene rings is 2. The summed E-state index contributed by atoms with van der Waals surface area (Å²) in [6.07, 6.45) is -10.8. The van der Waals surface area contributed by atoms with Crippen molar-refractivity contribution in [3.63, 3.8) is 0 Å². The number of hydrogen-bond acceptors (Lipinski definition) is 16. The van der Waals surface area contributed by atoms with Gasteiger partial charge in [-0.25, -0.2) is 0 Å². The van der Waals surface area contributed by atoms with E-state index in [1.54, 1.807) is 0 Å². The van der Waals surface area contributed by atoms with E-state index >= 15 is 0 Å². The van der Waals surface area contributed by atoms with Crippen molar-refractivity contribution in [3.05, 3.63) is 24.4 Å². The van der Waals surface area contributed by atoms with Gasteiger partial charge in [-0.3, -0.25) is 0 Å². The van der Waals surface area contributed by atoms with Gasteiger partial charge in [0.25, 0.3) is 0 Å². The molecule has 14 N–H and O–H groups in total. The van der Waals surface area contributed by atoms with Crippen LogP contribution in [0.1, 0.15) is 0 Å². The number of phenolic OH excluding ortho intramolecular Hbond substituents is 4. The number of aliphatic hydroxyl groups excluding tert-OH is 8. The molecule has 10 atom stereocenters. The average molecular weight is 685 g/mol. The minimum absolute atomic E-state index is 0.0365. The predicted octanol–water partition coefficient (Wildman–Crippen LogP) is -1.08. The largest absolute Gasteiger partial charge is 0.504 e. The topological polar surface area (TPSA) is 293 Å². The Bertz CT molecular complexity index is 1740. The van der Waals surface area contributed by atoms with Crippen molar-refractivity contribution < 1.29 is 70.8 Å². The molecule has 2 aromatic carbocycles. The number of phenols is 4. The summed E-state index contributed by atoms with van der Waals surface area (Å²) in [5.74, 6) is -2.18. The van der Waals surface area contributed by atoms with Gasteiger partial charge in [-0.1, -0.05) is 23.5 Å². The zero-order valence-electron chi connectivity index (χ0n) is 23.5. The lowest BCUT2D eigenvalue weighted by atomic mass is 10.0. The first kappa shape index (κ1) is 32.9. The zero-order valence-corrected chi connectivity index (χ0v) is 25.1. The van der Waals surface area contributed by atoms with Gasteiger partial charge in [0.2, 0.25) is 0 Å². The molecule has 2 saturated heterocycles. The van der Waals surface area contributed by atoms with Gasteiger partial charge in [0, 0.05) is 38.9 Å². The SMILES string of the molecule is OC[C@H]1O[C@@H](Sc2c(-c3c(O)c(O)cc4[nH]cc(S[C@@H]5O[C@H](CO)[C@H](O)[C@H](O)[C@H]5O)c34)[nH]c3cc(O)c(O)cc23)[C@H](O)[C@@H](O)[C@H]1O. The summed E-state index contributed by atoms with van der Waals surface area (Å²) in [5.41, 5.74) is -1.97. The highest BCUT2D eigenvalue weighted by Gasteiger charge is 2.46. The Morgan fingerprint density at radius 3 is 1.78 bits per heavy atom. The summed E-state index contributed by atoms with van der Waals surface area (Å²) in [6.45, 7) is -1.34. The van der Waals surface area contributed by atoms with Crippen LogP contribution in [0.3, 0.4) is 0 Å². The van der Waals surface area contributed by atoms with Crippen LogP contribution in [0.2, 0.25) is 0 Å². The molecule has 250 valence electrons. The summed E-state index contributed by atoms with van der Waals surface area (Å²) >= 11 is 1.68. The predicted molar refractivity (Wildman–Crippen MR) is 161 cm³/mol. The van der Waals surface area contributed by atoms with E-state index in [9.17, 15) is 61.3 Å². The summed E-state index contributed by atoms with van der Waals surface area (Å²) in [5, 5.41) is 125. The quantitative estimate of drug-likeness (QED) is 0.103. The molecule has 0 unspecified atom stereocenters. The van der Waals surface area contributed by atoms with E-state index in [1.165, 1.54) is 24.4 Å². The van der Waals surface area contributed by atoms with E-state index in [4.69, 9.17) is 9.47 Å². The molecule has 2 fully saturated rings. The molecule has 0 aliphatic carbocycles. The molecule has 4 aromatic rings. The normalized spacial score (nSPS) is 32.0. The Kier molecular flexibility index (Phi) is 9.00. The van der Waals surface area contributed by atoms with Crippen molar-refractivity contribution in [2.75, 3.05) is 13.2 Å². The van der Waals surface area contributed by atoms with Gasteiger partial charge in [-0.05, 0) is 6.07 Å². The van der Waals surface area contributed by atoms with Crippen LogP contribution >= 0.6 is 23.5 Å². The molecule has 2 aliphatic heterocycles. The molecule has 0 amide bonds. The number of nitrogens with one attached hydrogen (secondary N) is 2. The highest BCUT2D eigenvalue weighted by atomic mass is 32.2. The third-order valence-corrected chi connectivity index (χ3v) is 10.6. The number of H-pyrrole nitrogens is 2. The number of aliphatic hydroxyl groups is 8. The number of fused-ring (bicyclic) bond motifs is 2. The van der Waals surface area contributed by atoms with Crippen LogP contribution < -0.4 is 0 Å². The molecule has 2 aromatic heterocycles. The first-order valence-electron chi connectivity index (χ1n) is 13.9. The minimum Gasteiger partial charge on any atom is -0.504 e. The van der Waals surface area contributed by atoms with Gasteiger partial charge in [0.1, 0.15) is 59.7 Å². The summed E-state index contributed by atoms with van der Waals surface area (Å²) in [4.78, 5) is 6.50. The number of aromatic hydroxyl groups is 4. The second-order valence-corrected chi connectivity index (χ2v) is 13.3. The summed E-state index contributed by atoms with van der Waals surface area (Å²) in [7, 11) is 0. The molecule has 0 spiro atoms. The monoisotopic (exact) mass is 684 g/mol. The highest BCUT2D eigenvalue weighted by molar-refractivity contribution is 8.00. The Morgan fingerprint density at radius 2 is 1.20 bits per heavy atom. The fraction of sp³-hybridized carbons (Fsp3) is 0.429. The first-order chi connectivity index (χ1) is 21.9. The van der Waals surface area contributed by atoms with Crippen LogP contribution in [0.25, 0.3) is 33.1 Å². The number of aromatic amines is 2. The van der Waals surface area contributed by atoms with E-state index in [1.807, 2.05) is 0 Å². The van der Waals surface area contributed by atoms with Crippen molar-refractivity contribution in [2.24, 2.45) is 0 Å². The second kappa shape index (κ2) is 12.6. The van der Waals surface area contributed by atoms with Gasteiger partial charge >= 0.3 is 0 Å². The zero-order chi connectivity index (χ0) is 33.2. The molecule has 2 aliphatic rings. The van der Waals surface area contributed by atoms with Crippen LogP contribution in [-0.4, -0.2) is 144 Å². The maximum atomic E-state index is 11.3. The molecule has 18 heteroatoms. The standard InChI is InChI=1S/C28H32N2O14S2/c31-5-13-20(37)22(39)24(41)27(43-13)45-15-4-29-9-3-12(35)19(36)17(16(9)15)18-26(7-1-10(33)11(34)2-8(7)30-18)46-28-25(42)23(40)21(38)14(6-32)44-28/h1-4,13-14,20-25,27-42H,5-6H2/t13-,14-,20+,21+,22+,23+,24-,25-,27+,28+/m1/s1. The Morgan fingerprint density at radius 1 is 0.652 bits per heavy atom. The Balaban J connectivity index is 1.52. The number of thioether (sulfide) groups is 2. The lowest BCUT2D eigenvalue weighted by Gasteiger charge is -2.39. The van der Waals surface area contributed by atoms with Crippen LogP contribution in [0.15, 0.2) is 34.2 Å². The molecular weight excluding hydrogens is 652 g/mol. The fourth-order valence-electron chi connectivity index (χ4n) is 5.64. The molecule has 0 radical (unpaired) electrons. The maximum Gasteiger partial charge on any atom is 0.167 e. The smallest absolute Gasteiger partial charge is 0.167 e. The van der Waals surface area contributed by atoms with Crippen molar-refractivity contribution in [1.82, 2.24) is 9.97 Å². The van der Waals surface area contributed by atoms with E-state index in [0.29, 0.717) is 4.90 Å². The van der Waals surface area contributed by atoms with E-state index in [0.717, 1.165) is 23.5 Å². The molecule has 16 nitrogen and oxygen atoms in total. The third kappa shape index (κ3) is 5.43. The van der Waals surface area contributed by atoms with Crippen molar-refractivity contribution >= 4 is 45.3 Å². The van der Waals surface area contributed by atoms with Crippen molar-refractivity contribution in [1.29, 1.82) is 0 Å². The Hall–Kier alpha value is -2.98. The lowest BCUT2D eigenvalue weighted by Crippen LogP contribution is -2.57. The summed E-state index contributed by atoms with van der Waals surface area (Å²) in [6, 6.07) is 3.63. The maximum absolute atomic E-state index is 11.3. The van der Waals surface area contributed by atoms with Crippen molar-refractivity contribution in [3.8, 4) is 34.3 Å².